The van der Waals surface area contributed by atoms with Gasteiger partial charge in [-0.2, -0.15) is 13.2 Å². The molecule has 0 saturated carbocycles. The van der Waals surface area contributed by atoms with Crippen LogP contribution in [0.1, 0.15) is 11.1 Å². The van der Waals surface area contributed by atoms with Crippen LogP contribution in [0.5, 0.6) is 0 Å². The van der Waals surface area contributed by atoms with E-state index >= 15 is 0 Å². The van der Waals surface area contributed by atoms with Crippen molar-refractivity contribution >= 4 is 5.84 Å². The number of halogens is 4. The zero-order valence-electron chi connectivity index (χ0n) is 8.64. The van der Waals surface area contributed by atoms with Crippen LogP contribution in [0.3, 0.4) is 0 Å². The van der Waals surface area contributed by atoms with E-state index in [4.69, 9.17) is 11.1 Å². The molecular weight excluding hydrogens is 240 g/mol. The van der Waals surface area contributed by atoms with Crippen molar-refractivity contribution in [3.8, 4) is 0 Å². The second-order valence-corrected chi connectivity index (χ2v) is 3.30. The van der Waals surface area contributed by atoms with Crippen molar-refractivity contribution in [2.45, 2.75) is 12.8 Å². The summed E-state index contributed by atoms with van der Waals surface area (Å²) >= 11 is 0. The molecule has 0 fully saturated rings. The second kappa shape index (κ2) is 5.13. The maximum absolute atomic E-state index is 13.6. The molecule has 0 atom stereocenters. The minimum Gasteiger partial charge on any atom is -0.384 e. The van der Waals surface area contributed by atoms with Crippen LogP contribution in [0, 0.1) is 11.2 Å². The van der Waals surface area contributed by atoms with Gasteiger partial charge in [0.05, 0.1) is 12.2 Å². The molecule has 94 valence electrons. The zero-order valence-corrected chi connectivity index (χ0v) is 8.64. The van der Waals surface area contributed by atoms with Crippen molar-refractivity contribution in [2.75, 3.05) is 6.61 Å². The molecule has 1 aromatic rings. The third-order valence-electron chi connectivity index (χ3n) is 1.89. The highest BCUT2D eigenvalue weighted by atomic mass is 19.4. The van der Waals surface area contributed by atoms with Gasteiger partial charge >= 0.3 is 6.18 Å². The fraction of sp³-hybridized carbons (Fsp3) is 0.300. The van der Waals surface area contributed by atoms with Crippen LogP contribution in [-0.4, -0.2) is 18.6 Å². The second-order valence-electron chi connectivity index (χ2n) is 3.30. The topological polar surface area (TPSA) is 59.1 Å². The summed E-state index contributed by atoms with van der Waals surface area (Å²) in [6.45, 7) is -1.97. The number of alkyl halides is 3. The lowest BCUT2D eigenvalue weighted by atomic mass is 10.1. The summed E-state index contributed by atoms with van der Waals surface area (Å²) in [5.74, 6) is -1.32. The number of hydrogen-bond donors (Lipinski definition) is 2. The highest BCUT2D eigenvalue weighted by Gasteiger charge is 2.27. The Morgan fingerprint density at radius 1 is 1.35 bits per heavy atom. The van der Waals surface area contributed by atoms with Crippen LogP contribution in [0.25, 0.3) is 0 Å². The number of amidine groups is 1. The minimum atomic E-state index is -4.45. The summed E-state index contributed by atoms with van der Waals surface area (Å²) in [7, 11) is 0. The Morgan fingerprint density at radius 3 is 2.53 bits per heavy atom. The summed E-state index contributed by atoms with van der Waals surface area (Å²) in [4.78, 5) is 0. The first-order valence-corrected chi connectivity index (χ1v) is 4.57. The van der Waals surface area contributed by atoms with Gasteiger partial charge in [-0.3, -0.25) is 5.41 Å². The molecule has 0 aliphatic carbocycles. The predicted molar refractivity (Wildman–Crippen MR) is 53.1 cm³/mol. The van der Waals surface area contributed by atoms with Crippen molar-refractivity contribution in [1.29, 1.82) is 5.41 Å². The Balaban J connectivity index is 2.72. The molecule has 0 saturated heterocycles. The number of ether oxygens (including phenoxy) is 1. The summed E-state index contributed by atoms with van der Waals surface area (Å²) in [6.07, 6.45) is -4.45. The molecule has 17 heavy (non-hydrogen) atoms. The van der Waals surface area contributed by atoms with E-state index in [2.05, 4.69) is 4.74 Å². The Labute approximate surface area is 94.7 Å². The lowest BCUT2D eigenvalue weighted by molar-refractivity contribution is -0.176. The number of rotatable bonds is 4. The van der Waals surface area contributed by atoms with Gasteiger partial charge in [-0.25, -0.2) is 4.39 Å². The summed E-state index contributed by atoms with van der Waals surface area (Å²) < 4.78 is 53.3. The van der Waals surface area contributed by atoms with Crippen LogP contribution in [-0.2, 0) is 11.3 Å². The molecule has 0 unspecified atom stereocenters. The number of benzene rings is 1. The highest BCUT2D eigenvalue weighted by Crippen LogP contribution is 2.17. The molecule has 0 aliphatic rings. The normalized spacial score (nSPS) is 11.5. The van der Waals surface area contributed by atoms with Gasteiger partial charge in [-0.1, -0.05) is 12.1 Å². The van der Waals surface area contributed by atoms with Gasteiger partial charge in [0.15, 0.2) is 0 Å². The van der Waals surface area contributed by atoms with Gasteiger partial charge in [-0.05, 0) is 6.07 Å². The van der Waals surface area contributed by atoms with Gasteiger partial charge in [0.25, 0.3) is 0 Å². The number of hydrogen-bond acceptors (Lipinski definition) is 2. The van der Waals surface area contributed by atoms with E-state index in [1.807, 2.05) is 0 Å². The molecular formula is C10H10F4N2O. The highest BCUT2D eigenvalue weighted by molar-refractivity contribution is 5.95. The van der Waals surface area contributed by atoms with E-state index in [1.165, 1.54) is 18.2 Å². The van der Waals surface area contributed by atoms with Crippen molar-refractivity contribution in [3.05, 3.63) is 35.1 Å². The average Bonchev–Trinajstić information content (AvgIpc) is 2.18. The third-order valence-corrected chi connectivity index (χ3v) is 1.89. The standard InChI is InChI=1S/C10H10F4N2O/c11-8-6(4-17-5-10(12,13)14)2-1-3-7(8)9(15)16/h1-3H,4-5H2,(H3,15,16). The molecule has 0 aliphatic heterocycles. The fourth-order valence-electron chi connectivity index (χ4n) is 1.18. The maximum atomic E-state index is 13.6. The van der Waals surface area contributed by atoms with Gasteiger partial charge in [0.2, 0.25) is 0 Å². The zero-order chi connectivity index (χ0) is 13.1. The Hall–Kier alpha value is -1.63. The van der Waals surface area contributed by atoms with Crippen molar-refractivity contribution in [3.63, 3.8) is 0 Å². The average molecular weight is 250 g/mol. The van der Waals surface area contributed by atoms with Crippen molar-refractivity contribution < 1.29 is 22.3 Å². The van der Waals surface area contributed by atoms with E-state index in [0.29, 0.717) is 0 Å². The first-order valence-electron chi connectivity index (χ1n) is 4.57. The van der Waals surface area contributed by atoms with Gasteiger partial charge in [-0.15, -0.1) is 0 Å². The molecule has 1 aromatic carbocycles. The van der Waals surface area contributed by atoms with Crippen molar-refractivity contribution in [1.82, 2.24) is 0 Å². The van der Waals surface area contributed by atoms with Gasteiger partial charge in [0.1, 0.15) is 18.3 Å². The molecule has 0 heterocycles. The predicted octanol–water partition coefficient (Wildman–Crippen LogP) is 2.19. The fourth-order valence-corrected chi connectivity index (χ4v) is 1.18. The van der Waals surface area contributed by atoms with E-state index in [-0.39, 0.29) is 11.1 Å². The van der Waals surface area contributed by atoms with E-state index < -0.39 is 31.0 Å². The van der Waals surface area contributed by atoms with E-state index in [9.17, 15) is 17.6 Å². The lowest BCUT2D eigenvalue weighted by Gasteiger charge is -2.09. The summed E-state index contributed by atoms with van der Waals surface area (Å²) in [6, 6.07) is 3.94. The van der Waals surface area contributed by atoms with Crippen LogP contribution < -0.4 is 5.73 Å². The van der Waals surface area contributed by atoms with Crippen LogP contribution in [0.4, 0.5) is 17.6 Å². The number of nitrogen functional groups attached to an aromatic ring is 1. The Morgan fingerprint density at radius 2 is 2.00 bits per heavy atom. The largest absolute Gasteiger partial charge is 0.411 e. The lowest BCUT2D eigenvalue weighted by Crippen LogP contribution is -2.18. The molecule has 1 rings (SSSR count). The molecule has 3 N–H and O–H groups in total. The van der Waals surface area contributed by atoms with E-state index in [0.717, 1.165) is 0 Å². The third kappa shape index (κ3) is 4.03. The number of nitrogens with one attached hydrogen (secondary N) is 1. The van der Waals surface area contributed by atoms with Crippen LogP contribution in [0.15, 0.2) is 18.2 Å². The molecule has 0 bridgehead atoms. The molecule has 0 amide bonds. The number of nitrogens with two attached hydrogens (primary N) is 1. The summed E-state index contributed by atoms with van der Waals surface area (Å²) in [5, 5.41) is 7.07. The maximum Gasteiger partial charge on any atom is 0.411 e. The monoisotopic (exact) mass is 250 g/mol. The quantitative estimate of drug-likeness (QED) is 0.489. The van der Waals surface area contributed by atoms with Crippen LogP contribution >= 0.6 is 0 Å². The first kappa shape index (κ1) is 13.4. The first-order chi connectivity index (χ1) is 7.81. The SMILES string of the molecule is N=C(N)c1cccc(COCC(F)(F)F)c1F. The Bertz CT molecular complexity index is 417. The molecule has 0 spiro atoms. The molecule has 0 aromatic heterocycles. The smallest absolute Gasteiger partial charge is 0.384 e. The molecule has 0 radical (unpaired) electrons. The summed E-state index contributed by atoms with van der Waals surface area (Å²) in [5.41, 5.74) is 4.88. The van der Waals surface area contributed by atoms with Gasteiger partial charge in [0, 0.05) is 5.56 Å². The minimum absolute atomic E-state index is 0.0676. The van der Waals surface area contributed by atoms with E-state index in [1.54, 1.807) is 0 Å². The Kier molecular flexibility index (Phi) is 4.06. The van der Waals surface area contributed by atoms with Gasteiger partial charge < -0.3 is 10.5 Å². The van der Waals surface area contributed by atoms with Crippen molar-refractivity contribution in [2.24, 2.45) is 5.73 Å². The van der Waals surface area contributed by atoms with Crippen LogP contribution in [0.2, 0.25) is 0 Å². The molecule has 3 nitrogen and oxygen atoms in total. The molecule has 7 heteroatoms.